The summed E-state index contributed by atoms with van der Waals surface area (Å²) in [5, 5.41) is 7.76. The zero-order chi connectivity index (χ0) is 13.8. The lowest BCUT2D eigenvalue weighted by molar-refractivity contribution is 0.618. The molecule has 5 heteroatoms. The normalized spacial score (nSPS) is 10.9. The molecule has 1 heterocycles. The summed E-state index contributed by atoms with van der Waals surface area (Å²) in [6.07, 6.45) is 2.96. The lowest BCUT2D eigenvalue weighted by atomic mass is 10.2. The Morgan fingerprint density at radius 1 is 1.37 bits per heavy atom. The molecule has 2 aromatic rings. The molecule has 1 N–H and O–H groups in total. The molecule has 0 saturated heterocycles. The number of benzene rings is 1. The fourth-order valence-corrected chi connectivity index (χ4v) is 2.45. The first kappa shape index (κ1) is 14.2. The second kappa shape index (κ2) is 6.30. The van der Waals surface area contributed by atoms with Crippen molar-refractivity contribution in [3.8, 4) is 0 Å². The van der Waals surface area contributed by atoms with E-state index in [1.54, 1.807) is 12.1 Å². The molecule has 1 aromatic heterocycles. The van der Waals surface area contributed by atoms with Gasteiger partial charge in [0.05, 0.1) is 10.2 Å². The van der Waals surface area contributed by atoms with Crippen LogP contribution in [0.5, 0.6) is 0 Å². The van der Waals surface area contributed by atoms with E-state index in [0.717, 1.165) is 24.2 Å². The van der Waals surface area contributed by atoms with Crippen LogP contribution in [0.4, 0.5) is 4.39 Å². The van der Waals surface area contributed by atoms with Crippen molar-refractivity contribution in [3.05, 3.63) is 51.5 Å². The van der Waals surface area contributed by atoms with E-state index in [2.05, 4.69) is 33.3 Å². The molecule has 2 rings (SSSR count). The van der Waals surface area contributed by atoms with Crippen molar-refractivity contribution in [2.75, 3.05) is 0 Å². The predicted octanol–water partition coefficient (Wildman–Crippen LogP) is 3.17. The standard InChI is InChI=1S/C14H17BrFN3/c1-3-14-11(9-19(2)18-14)8-17-7-10-4-5-13(16)12(15)6-10/h4-6,9,17H,3,7-8H2,1-2H3. The van der Waals surface area contributed by atoms with Crippen LogP contribution in [0.25, 0.3) is 0 Å². The van der Waals surface area contributed by atoms with E-state index in [4.69, 9.17) is 0 Å². The van der Waals surface area contributed by atoms with Gasteiger partial charge < -0.3 is 5.32 Å². The van der Waals surface area contributed by atoms with Gasteiger partial charge in [0, 0.05) is 31.9 Å². The number of nitrogens with zero attached hydrogens (tertiary/aromatic N) is 2. The van der Waals surface area contributed by atoms with Crippen molar-refractivity contribution in [2.45, 2.75) is 26.4 Å². The molecule has 0 unspecified atom stereocenters. The van der Waals surface area contributed by atoms with Gasteiger partial charge in [0.1, 0.15) is 5.82 Å². The molecule has 0 atom stereocenters. The van der Waals surface area contributed by atoms with Crippen molar-refractivity contribution in [2.24, 2.45) is 7.05 Å². The minimum absolute atomic E-state index is 0.232. The van der Waals surface area contributed by atoms with Gasteiger partial charge in [0.15, 0.2) is 0 Å². The Kier molecular flexibility index (Phi) is 4.71. The molecule has 0 aliphatic rings. The number of rotatable bonds is 5. The van der Waals surface area contributed by atoms with Crippen molar-refractivity contribution in [3.63, 3.8) is 0 Å². The van der Waals surface area contributed by atoms with E-state index < -0.39 is 0 Å². The summed E-state index contributed by atoms with van der Waals surface area (Å²) in [4.78, 5) is 0. The number of halogens is 2. The maximum absolute atomic E-state index is 13.1. The van der Waals surface area contributed by atoms with E-state index in [-0.39, 0.29) is 5.82 Å². The van der Waals surface area contributed by atoms with Gasteiger partial charge in [0.25, 0.3) is 0 Å². The summed E-state index contributed by atoms with van der Waals surface area (Å²) >= 11 is 3.19. The number of aryl methyl sites for hydroxylation is 2. The quantitative estimate of drug-likeness (QED) is 0.915. The third-order valence-corrected chi connectivity index (χ3v) is 3.56. The minimum atomic E-state index is -0.232. The number of aromatic nitrogens is 2. The molecular weight excluding hydrogens is 309 g/mol. The Labute approximate surface area is 121 Å². The zero-order valence-electron chi connectivity index (χ0n) is 11.1. The van der Waals surface area contributed by atoms with Crippen molar-refractivity contribution < 1.29 is 4.39 Å². The summed E-state index contributed by atoms with van der Waals surface area (Å²) in [5.41, 5.74) is 3.39. The maximum atomic E-state index is 13.1. The Morgan fingerprint density at radius 3 is 2.84 bits per heavy atom. The molecule has 3 nitrogen and oxygen atoms in total. The Balaban J connectivity index is 1.94. The summed E-state index contributed by atoms with van der Waals surface area (Å²) < 4.78 is 15.4. The monoisotopic (exact) mass is 325 g/mol. The van der Waals surface area contributed by atoms with Gasteiger partial charge in [-0.05, 0) is 40.0 Å². The van der Waals surface area contributed by atoms with Gasteiger partial charge in [-0.1, -0.05) is 13.0 Å². The highest BCUT2D eigenvalue weighted by molar-refractivity contribution is 9.10. The second-order valence-electron chi connectivity index (χ2n) is 4.48. The average Bonchev–Trinajstić information content (AvgIpc) is 2.74. The van der Waals surface area contributed by atoms with Crippen molar-refractivity contribution in [1.82, 2.24) is 15.1 Å². The van der Waals surface area contributed by atoms with Crippen LogP contribution in [0.15, 0.2) is 28.9 Å². The van der Waals surface area contributed by atoms with Crippen LogP contribution in [0.1, 0.15) is 23.7 Å². The number of hydrogen-bond acceptors (Lipinski definition) is 2. The number of hydrogen-bond donors (Lipinski definition) is 1. The van der Waals surface area contributed by atoms with Crippen molar-refractivity contribution >= 4 is 15.9 Å². The molecule has 0 bridgehead atoms. The van der Waals surface area contributed by atoms with E-state index >= 15 is 0 Å². The lowest BCUT2D eigenvalue weighted by Crippen LogP contribution is -2.13. The van der Waals surface area contributed by atoms with Crippen molar-refractivity contribution in [1.29, 1.82) is 0 Å². The maximum Gasteiger partial charge on any atom is 0.137 e. The van der Waals surface area contributed by atoms with Gasteiger partial charge in [-0.3, -0.25) is 4.68 Å². The molecule has 19 heavy (non-hydrogen) atoms. The third-order valence-electron chi connectivity index (χ3n) is 2.96. The summed E-state index contributed by atoms with van der Waals surface area (Å²) in [6.45, 7) is 3.58. The highest BCUT2D eigenvalue weighted by atomic mass is 79.9. The Hall–Kier alpha value is -1.20. The molecule has 102 valence electrons. The predicted molar refractivity (Wildman–Crippen MR) is 77.2 cm³/mol. The second-order valence-corrected chi connectivity index (χ2v) is 5.33. The van der Waals surface area contributed by atoms with Crippen LogP contribution in [-0.2, 0) is 26.6 Å². The molecule has 1 aromatic carbocycles. The Bertz CT molecular complexity index is 566. The lowest BCUT2D eigenvalue weighted by Gasteiger charge is -2.05. The number of nitrogens with one attached hydrogen (secondary N) is 1. The van der Waals surface area contributed by atoms with Gasteiger partial charge in [-0.25, -0.2) is 4.39 Å². The van der Waals surface area contributed by atoms with Crippen LogP contribution in [0.2, 0.25) is 0 Å². The first-order valence-corrected chi connectivity index (χ1v) is 7.05. The topological polar surface area (TPSA) is 29.9 Å². The Morgan fingerprint density at radius 2 is 2.16 bits per heavy atom. The molecular formula is C14H17BrFN3. The van der Waals surface area contributed by atoms with E-state index in [1.165, 1.54) is 11.6 Å². The third kappa shape index (κ3) is 3.64. The first-order chi connectivity index (χ1) is 9.10. The van der Waals surface area contributed by atoms with Gasteiger partial charge in [0.2, 0.25) is 0 Å². The van der Waals surface area contributed by atoms with Gasteiger partial charge in [-0.2, -0.15) is 5.10 Å². The smallest absolute Gasteiger partial charge is 0.137 e. The highest BCUT2D eigenvalue weighted by Gasteiger charge is 2.05. The summed E-state index contributed by atoms with van der Waals surface area (Å²) in [6, 6.07) is 5.06. The molecule has 0 aliphatic heterocycles. The first-order valence-electron chi connectivity index (χ1n) is 6.26. The molecule has 0 amide bonds. The largest absolute Gasteiger partial charge is 0.308 e. The minimum Gasteiger partial charge on any atom is -0.308 e. The zero-order valence-corrected chi connectivity index (χ0v) is 12.7. The molecule has 0 fully saturated rings. The average molecular weight is 326 g/mol. The highest BCUT2D eigenvalue weighted by Crippen LogP contribution is 2.16. The molecule has 0 spiro atoms. The van der Waals surface area contributed by atoms with Crippen LogP contribution < -0.4 is 5.32 Å². The van der Waals surface area contributed by atoms with E-state index in [0.29, 0.717) is 11.0 Å². The van der Waals surface area contributed by atoms with Gasteiger partial charge >= 0.3 is 0 Å². The summed E-state index contributed by atoms with van der Waals surface area (Å²) in [7, 11) is 1.93. The van der Waals surface area contributed by atoms with E-state index in [1.807, 2.05) is 17.9 Å². The molecule has 0 saturated carbocycles. The fourth-order valence-electron chi connectivity index (χ4n) is 2.02. The van der Waals surface area contributed by atoms with E-state index in [9.17, 15) is 4.39 Å². The summed E-state index contributed by atoms with van der Waals surface area (Å²) in [5.74, 6) is -0.232. The van der Waals surface area contributed by atoms with Crippen LogP contribution in [-0.4, -0.2) is 9.78 Å². The van der Waals surface area contributed by atoms with Crippen LogP contribution in [0, 0.1) is 5.82 Å². The van der Waals surface area contributed by atoms with Crippen LogP contribution in [0.3, 0.4) is 0 Å². The SMILES string of the molecule is CCc1nn(C)cc1CNCc1ccc(F)c(Br)c1. The molecule has 0 aliphatic carbocycles. The molecule has 0 radical (unpaired) electrons. The van der Waals surface area contributed by atoms with Gasteiger partial charge in [-0.15, -0.1) is 0 Å². The van der Waals surface area contributed by atoms with Crippen LogP contribution >= 0.6 is 15.9 Å². The fraction of sp³-hybridized carbons (Fsp3) is 0.357.